The predicted molar refractivity (Wildman–Crippen MR) is 98.8 cm³/mol. The lowest BCUT2D eigenvalue weighted by Crippen LogP contribution is -2.41. The van der Waals surface area contributed by atoms with E-state index < -0.39 is 18.3 Å². The number of nitriles is 1. The Morgan fingerprint density at radius 3 is 2.12 bits per heavy atom. The fourth-order valence-electron chi connectivity index (χ4n) is 2.64. The third-order valence-electron chi connectivity index (χ3n) is 4.91. The van der Waals surface area contributed by atoms with Crippen LogP contribution in [-0.2, 0) is 9.31 Å². The third kappa shape index (κ3) is 3.37. The molecule has 132 valence electrons. The lowest BCUT2D eigenvalue weighted by Gasteiger charge is -2.32. The van der Waals surface area contributed by atoms with E-state index in [9.17, 15) is 4.79 Å². The van der Waals surface area contributed by atoms with Gasteiger partial charge in [0, 0.05) is 5.56 Å². The van der Waals surface area contributed by atoms with Crippen LogP contribution >= 0.6 is 0 Å². The lowest BCUT2D eigenvalue weighted by atomic mass is 9.76. The first-order chi connectivity index (χ1) is 12.3. The highest BCUT2D eigenvalue weighted by Gasteiger charge is 2.52. The van der Waals surface area contributed by atoms with E-state index in [0.29, 0.717) is 28.1 Å². The van der Waals surface area contributed by atoms with Gasteiger partial charge in [0.05, 0.1) is 22.8 Å². The number of aldehydes is 1. The molecule has 2 aromatic rings. The Bertz CT molecular complexity index is 852. The largest absolute Gasteiger partial charge is 0.495 e. The molecule has 0 atom stereocenters. The summed E-state index contributed by atoms with van der Waals surface area (Å²) in [5.74, 6) is 1.11. The van der Waals surface area contributed by atoms with E-state index in [1.54, 1.807) is 42.5 Å². The van der Waals surface area contributed by atoms with Crippen LogP contribution < -0.4 is 10.2 Å². The van der Waals surface area contributed by atoms with Crippen molar-refractivity contribution >= 4 is 18.9 Å². The number of ether oxygens (including phenoxy) is 1. The molecular weight excluding hydrogens is 329 g/mol. The van der Waals surface area contributed by atoms with E-state index in [-0.39, 0.29) is 0 Å². The molecule has 0 bridgehead atoms. The molecule has 0 saturated carbocycles. The lowest BCUT2D eigenvalue weighted by molar-refractivity contribution is 0.00578. The molecule has 0 aromatic heterocycles. The van der Waals surface area contributed by atoms with Crippen LogP contribution in [0.1, 0.15) is 43.6 Å². The predicted octanol–water partition coefficient (Wildman–Crippen LogP) is 3.46. The van der Waals surface area contributed by atoms with Gasteiger partial charge in [0.25, 0.3) is 0 Å². The van der Waals surface area contributed by atoms with Crippen molar-refractivity contribution < 1.29 is 18.8 Å². The van der Waals surface area contributed by atoms with Crippen molar-refractivity contribution in [3.8, 4) is 17.6 Å². The molecule has 2 aromatic carbocycles. The molecule has 0 N–H and O–H groups in total. The quantitative estimate of drug-likeness (QED) is 0.625. The first-order valence-electron chi connectivity index (χ1n) is 8.38. The molecule has 0 spiro atoms. The summed E-state index contributed by atoms with van der Waals surface area (Å²) in [5, 5.41) is 8.84. The highest BCUT2D eigenvalue weighted by molar-refractivity contribution is 6.63. The van der Waals surface area contributed by atoms with Gasteiger partial charge in [-0.3, -0.25) is 4.79 Å². The second-order valence-electron chi connectivity index (χ2n) is 7.24. The maximum absolute atomic E-state index is 11.6. The first-order valence-corrected chi connectivity index (χ1v) is 8.38. The number of hydrogen-bond donors (Lipinski definition) is 0. The van der Waals surface area contributed by atoms with E-state index in [0.717, 1.165) is 6.29 Å². The van der Waals surface area contributed by atoms with Gasteiger partial charge < -0.3 is 14.0 Å². The second-order valence-corrected chi connectivity index (χ2v) is 7.24. The van der Waals surface area contributed by atoms with Gasteiger partial charge in [0.15, 0.2) is 0 Å². The molecule has 5 nitrogen and oxygen atoms in total. The van der Waals surface area contributed by atoms with Gasteiger partial charge in [-0.05, 0) is 69.6 Å². The SMILES string of the molecule is CC1(C)OB(c2ccc(Oc3ccc(C#N)cc3)cc2C=O)OC1(C)C. The summed E-state index contributed by atoms with van der Waals surface area (Å²) < 4.78 is 17.8. The monoisotopic (exact) mass is 349 g/mol. The van der Waals surface area contributed by atoms with Crippen LogP contribution in [0.15, 0.2) is 42.5 Å². The van der Waals surface area contributed by atoms with Crippen LogP contribution in [0.5, 0.6) is 11.5 Å². The highest BCUT2D eigenvalue weighted by atomic mass is 16.7. The average molecular weight is 349 g/mol. The average Bonchev–Trinajstić information content (AvgIpc) is 2.83. The molecule has 1 fully saturated rings. The normalized spacial score (nSPS) is 17.6. The fourth-order valence-corrected chi connectivity index (χ4v) is 2.64. The molecule has 6 heteroatoms. The Kier molecular flexibility index (Phi) is 4.62. The summed E-state index contributed by atoms with van der Waals surface area (Å²) in [6.07, 6.45) is 0.770. The summed E-state index contributed by atoms with van der Waals surface area (Å²) >= 11 is 0. The Hall–Kier alpha value is -2.62. The van der Waals surface area contributed by atoms with Crippen molar-refractivity contribution in [2.75, 3.05) is 0 Å². The maximum Gasteiger partial charge on any atom is 0.495 e. The van der Waals surface area contributed by atoms with Crippen LogP contribution in [0, 0.1) is 11.3 Å². The maximum atomic E-state index is 11.6. The van der Waals surface area contributed by atoms with Gasteiger partial charge in [-0.1, -0.05) is 6.07 Å². The van der Waals surface area contributed by atoms with Crippen LogP contribution in [0.2, 0.25) is 0 Å². The molecule has 0 unspecified atom stereocenters. The number of rotatable bonds is 4. The minimum atomic E-state index is -0.607. The molecule has 0 radical (unpaired) electrons. The van der Waals surface area contributed by atoms with Crippen molar-refractivity contribution in [1.82, 2.24) is 0 Å². The number of hydrogen-bond acceptors (Lipinski definition) is 5. The molecule has 3 rings (SSSR count). The standard InChI is InChI=1S/C20H20BNO4/c1-19(2)20(3,4)26-21(25-19)18-10-9-17(11-15(18)13-23)24-16-7-5-14(12-22)6-8-16/h5-11,13H,1-4H3. The van der Waals surface area contributed by atoms with Gasteiger partial charge in [-0.25, -0.2) is 0 Å². The summed E-state index contributed by atoms with van der Waals surface area (Å²) in [6, 6.07) is 14.0. The van der Waals surface area contributed by atoms with Crippen molar-refractivity contribution in [2.45, 2.75) is 38.9 Å². The van der Waals surface area contributed by atoms with E-state index in [2.05, 4.69) is 6.07 Å². The third-order valence-corrected chi connectivity index (χ3v) is 4.91. The van der Waals surface area contributed by atoms with E-state index >= 15 is 0 Å². The molecule has 1 aliphatic heterocycles. The van der Waals surface area contributed by atoms with Crippen molar-refractivity contribution in [1.29, 1.82) is 5.26 Å². The highest BCUT2D eigenvalue weighted by Crippen LogP contribution is 2.37. The number of nitrogens with zero attached hydrogens (tertiary/aromatic N) is 1. The summed E-state index contributed by atoms with van der Waals surface area (Å²) in [6.45, 7) is 7.87. The van der Waals surface area contributed by atoms with Gasteiger partial charge in [0.1, 0.15) is 17.8 Å². The Morgan fingerprint density at radius 1 is 1.00 bits per heavy atom. The number of benzene rings is 2. The Morgan fingerprint density at radius 2 is 1.58 bits per heavy atom. The summed E-state index contributed by atoms with van der Waals surface area (Å²) in [4.78, 5) is 11.6. The summed E-state index contributed by atoms with van der Waals surface area (Å²) in [7, 11) is -0.607. The van der Waals surface area contributed by atoms with Crippen LogP contribution in [0.3, 0.4) is 0 Å². The topological polar surface area (TPSA) is 68.5 Å². The van der Waals surface area contributed by atoms with Crippen LogP contribution in [0.4, 0.5) is 0 Å². The fraction of sp³-hybridized carbons (Fsp3) is 0.300. The molecule has 0 amide bonds. The second kappa shape index (κ2) is 6.60. The zero-order valence-corrected chi connectivity index (χ0v) is 15.3. The van der Waals surface area contributed by atoms with E-state index in [1.807, 2.05) is 27.7 Å². The summed E-state index contributed by atoms with van der Waals surface area (Å²) in [5.41, 5.74) is 0.729. The minimum Gasteiger partial charge on any atom is -0.457 e. The van der Waals surface area contributed by atoms with Crippen LogP contribution in [0.25, 0.3) is 0 Å². The molecule has 1 aliphatic rings. The van der Waals surface area contributed by atoms with E-state index in [4.69, 9.17) is 19.3 Å². The molecule has 1 saturated heterocycles. The van der Waals surface area contributed by atoms with Gasteiger partial charge >= 0.3 is 7.12 Å². The molecule has 0 aliphatic carbocycles. The Labute approximate surface area is 153 Å². The molecular formula is C20H20BNO4. The van der Waals surface area contributed by atoms with Crippen molar-refractivity contribution in [2.24, 2.45) is 0 Å². The first kappa shape index (κ1) is 18.2. The zero-order valence-electron chi connectivity index (χ0n) is 15.3. The molecule has 1 heterocycles. The number of carbonyl (C=O) groups is 1. The van der Waals surface area contributed by atoms with Crippen molar-refractivity contribution in [3.63, 3.8) is 0 Å². The van der Waals surface area contributed by atoms with Crippen LogP contribution in [-0.4, -0.2) is 24.6 Å². The van der Waals surface area contributed by atoms with E-state index in [1.165, 1.54) is 0 Å². The number of carbonyl (C=O) groups excluding carboxylic acids is 1. The molecule has 26 heavy (non-hydrogen) atoms. The smallest absolute Gasteiger partial charge is 0.457 e. The van der Waals surface area contributed by atoms with Gasteiger partial charge in [-0.2, -0.15) is 5.26 Å². The Balaban J connectivity index is 1.84. The van der Waals surface area contributed by atoms with Gasteiger partial charge in [-0.15, -0.1) is 0 Å². The van der Waals surface area contributed by atoms with Crippen molar-refractivity contribution in [3.05, 3.63) is 53.6 Å². The minimum absolute atomic E-state index is 0.453. The zero-order chi connectivity index (χ0) is 18.9. The van der Waals surface area contributed by atoms with Gasteiger partial charge in [0.2, 0.25) is 0 Å².